The van der Waals surface area contributed by atoms with Crippen molar-refractivity contribution in [2.75, 3.05) is 18.9 Å². The van der Waals surface area contributed by atoms with E-state index in [2.05, 4.69) is 20.6 Å². The zero-order valence-electron chi connectivity index (χ0n) is 19.2. The van der Waals surface area contributed by atoms with E-state index in [9.17, 15) is 18.4 Å². The Hall–Kier alpha value is -3.89. The number of nitrogens with one attached hydrogen (secondary N) is 3. The average Bonchev–Trinajstić information content (AvgIpc) is 3.13. The monoisotopic (exact) mass is 484 g/mol. The topological polar surface area (TPSA) is 120 Å². The third-order valence-corrected chi connectivity index (χ3v) is 6.24. The molecule has 2 aromatic rings. The summed E-state index contributed by atoms with van der Waals surface area (Å²) in [6.07, 6.45) is 5.95. The molecular weight excluding hydrogens is 458 g/mol. The number of amides is 3. The highest BCUT2D eigenvalue weighted by Crippen LogP contribution is 2.50. The second kappa shape index (κ2) is 9.77. The smallest absolute Gasteiger partial charge is 0.329 e. The maximum absolute atomic E-state index is 13.9. The van der Waals surface area contributed by atoms with Crippen molar-refractivity contribution in [2.45, 2.75) is 38.0 Å². The van der Waals surface area contributed by atoms with Crippen molar-refractivity contribution in [2.24, 2.45) is 5.41 Å². The van der Waals surface area contributed by atoms with Gasteiger partial charge in [0.2, 0.25) is 11.8 Å². The first-order valence-corrected chi connectivity index (χ1v) is 11.2. The number of hydrogen-bond donors (Lipinski definition) is 3. The van der Waals surface area contributed by atoms with E-state index < -0.39 is 29.7 Å². The molecule has 2 aliphatic rings. The highest BCUT2D eigenvalue weighted by Gasteiger charge is 2.55. The Morgan fingerprint density at radius 1 is 1.20 bits per heavy atom. The minimum Gasteiger partial charge on any atom is -0.456 e. The zero-order valence-corrected chi connectivity index (χ0v) is 19.2. The van der Waals surface area contributed by atoms with Crippen molar-refractivity contribution >= 4 is 29.5 Å². The van der Waals surface area contributed by atoms with Gasteiger partial charge in [0.05, 0.1) is 17.3 Å². The number of anilines is 1. The maximum atomic E-state index is 13.9. The summed E-state index contributed by atoms with van der Waals surface area (Å²) in [5.41, 5.74) is -0.0371. The number of carbonyl (C=O) groups is 2. The van der Waals surface area contributed by atoms with Crippen molar-refractivity contribution in [1.29, 1.82) is 5.41 Å². The SMILES string of the molecule is CN/C=C(\C=N)c1cc(Oc2ccc(NC(=O)N3CCC4(CCCC(F)(F)C4)C3=O)nc2)ccn1. The molecule has 3 amide bonds. The lowest BCUT2D eigenvalue weighted by Gasteiger charge is -2.36. The van der Waals surface area contributed by atoms with E-state index in [1.807, 2.05) is 0 Å². The van der Waals surface area contributed by atoms with Crippen molar-refractivity contribution in [3.8, 4) is 11.5 Å². The number of aromatic nitrogens is 2. The van der Waals surface area contributed by atoms with Gasteiger partial charge in [-0.25, -0.2) is 18.6 Å². The molecule has 1 atom stereocenters. The van der Waals surface area contributed by atoms with Gasteiger partial charge in [0.1, 0.15) is 17.3 Å². The van der Waals surface area contributed by atoms with E-state index in [4.69, 9.17) is 10.1 Å². The molecule has 1 saturated carbocycles. The molecular formula is C24H26F2N6O3. The van der Waals surface area contributed by atoms with Crippen LogP contribution in [0.4, 0.5) is 19.4 Å². The fourth-order valence-electron chi connectivity index (χ4n) is 4.57. The van der Waals surface area contributed by atoms with Crippen LogP contribution in [-0.2, 0) is 4.79 Å². The Labute approximate surface area is 201 Å². The lowest BCUT2D eigenvalue weighted by Crippen LogP contribution is -2.44. The number of allylic oxidation sites excluding steroid dienone is 1. The Bertz CT molecular complexity index is 1150. The summed E-state index contributed by atoms with van der Waals surface area (Å²) >= 11 is 0. The summed E-state index contributed by atoms with van der Waals surface area (Å²) in [5.74, 6) is -2.34. The van der Waals surface area contributed by atoms with Crippen LogP contribution >= 0.6 is 0 Å². The summed E-state index contributed by atoms with van der Waals surface area (Å²) in [4.78, 5) is 34.9. The molecule has 1 saturated heterocycles. The number of likely N-dealkylation sites (tertiary alicyclic amines) is 1. The molecule has 35 heavy (non-hydrogen) atoms. The van der Waals surface area contributed by atoms with E-state index in [-0.39, 0.29) is 31.6 Å². The van der Waals surface area contributed by atoms with Crippen LogP contribution in [0.5, 0.6) is 11.5 Å². The van der Waals surface area contributed by atoms with Crippen molar-refractivity contribution < 1.29 is 23.1 Å². The summed E-state index contributed by atoms with van der Waals surface area (Å²) in [6.45, 7) is 0.103. The first-order valence-electron chi connectivity index (χ1n) is 11.2. The third-order valence-electron chi connectivity index (χ3n) is 6.24. The predicted molar refractivity (Wildman–Crippen MR) is 126 cm³/mol. The van der Waals surface area contributed by atoms with E-state index in [0.717, 1.165) is 4.90 Å². The van der Waals surface area contributed by atoms with Crippen LogP contribution in [0.3, 0.4) is 0 Å². The lowest BCUT2D eigenvalue weighted by atomic mass is 9.71. The van der Waals surface area contributed by atoms with Gasteiger partial charge in [-0.2, -0.15) is 0 Å². The molecule has 1 aliphatic carbocycles. The van der Waals surface area contributed by atoms with Crippen molar-refractivity contribution in [3.63, 3.8) is 0 Å². The van der Waals surface area contributed by atoms with Gasteiger partial charge in [0.15, 0.2) is 0 Å². The van der Waals surface area contributed by atoms with Gasteiger partial charge in [-0.05, 0) is 37.5 Å². The highest BCUT2D eigenvalue weighted by molar-refractivity contribution is 6.07. The fourth-order valence-corrected chi connectivity index (χ4v) is 4.57. The molecule has 3 N–H and O–H groups in total. The molecule has 2 fully saturated rings. The molecule has 2 aromatic heterocycles. The van der Waals surface area contributed by atoms with E-state index >= 15 is 0 Å². The molecule has 4 rings (SSSR count). The van der Waals surface area contributed by atoms with Gasteiger partial charge in [0.25, 0.3) is 0 Å². The van der Waals surface area contributed by atoms with E-state index in [1.54, 1.807) is 37.6 Å². The number of ether oxygens (including phenoxy) is 1. The number of urea groups is 1. The summed E-state index contributed by atoms with van der Waals surface area (Å²) in [5, 5.41) is 12.9. The minimum absolute atomic E-state index is 0.103. The number of nitrogens with zero attached hydrogens (tertiary/aromatic N) is 3. The predicted octanol–water partition coefficient (Wildman–Crippen LogP) is 4.44. The van der Waals surface area contributed by atoms with Crippen LogP contribution < -0.4 is 15.4 Å². The van der Waals surface area contributed by atoms with E-state index in [0.29, 0.717) is 29.2 Å². The van der Waals surface area contributed by atoms with Gasteiger partial charge >= 0.3 is 6.03 Å². The third kappa shape index (κ3) is 5.28. The summed E-state index contributed by atoms with van der Waals surface area (Å²) in [6, 6.07) is 5.76. The van der Waals surface area contributed by atoms with Crippen molar-refractivity contribution in [3.05, 3.63) is 48.6 Å². The highest BCUT2D eigenvalue weighted by atomic mass is 19.3. The van der Waals surface area contributed by atoms with Gasteiger partial charge in [-0.15, -0.1) is 0 Å². The molecule has 11 heteroatoms. The molecule has 1 aliphatic heterocycles. The zero-order chi connectivity index (χ0) is 25.1. The van der Waals surface area contributed by atoms with Gasteiger partial charge < -0.3 is 15.5 Å². The van der Waals surface area contributed by atoms with Crippen LogP contribution in [0.15, 0.2) is 42.9 Å². The fraction of sp³-hybridized carbons (Fsp3) is 0.375. The molecule has 1 spiro atoms. The van der Waals surface area contributed by atoms with Gasteiger partial charge in [-0.3, -0.25) is 20.0 Å². The second-order valence-corrected chi connectivity index (χ2v) is 8.69. The maximum Gasteiger partial charge on any atom is 0.329 e. The molecule has 1 unspecified atom stereocenters. The number of halogens is 2. The molecule has 0 radical (unpaired) electrons. The number of pyridine rings is 2. The Kier molecular flexibility index (Phi) is 6.77. The van der Waals surface area contributed by atoms with Crippen LogP contribution in [0.1, 0.15) is 37.8 Å². The first kappa shape index (κ1) is 24.2. The minimum atomic E-state index is -2.88. The first-order chi connectivity index (χ1) is 16.7. The molecule has 184 valence electrons. The quantitative estimate of drug-likeness (QED) is 0.522. The number of imide groups is 1. The van der Waals surface area contributed by atoms with Crippen LogP contribution in [0.2, 0.25) is 0 Å². The van der Waals surface area contributed by atoms with E-state index in [1.165, 1.54) is 18.5 Å². The van der Waals surface area contributed by atoms with Crippen LogP contribution in [0.25, 0.3) is 5.57 Å². The number of carbonyl (C=O) groups excluding carboxylic acids is 2. The molecule has 9 nitrogen and oxygen atoms in total. The normalized spacial score (nSPS) is 21.6. The molecule has 3 heterocycles. The molecule has 0 aromatic carbocycles. The Balaban J connectivity index is 1.39. The van der Waals surface area contributed by atoms with Crippen LogP contribution in [-0.4, -0.2) is 52.5 Å². The summed E-state index contributed by atoms with van der Waals surface area (Å²) < 4.78 is 33.7. The number of hydrogen-bond acceptors (Lipinski definition) is 7. The Morgan fingerprint density at radius 2 is 2.03 bits per heavy atom. The van der Waals surface area contributed by atoms with Crippen molar-refractivity contribution in [1.82, 2.24) is 20.2 Å². The number of alkyl halides is 2. The molecule has 0 bridgehead atoms. The lowest BCUT2D eigenvalue weighted by molar-refractivity contribution is -0.144. The van der Waals surface area contributed by atoms with Gasteiger partial charge in [0, 0.05) is 56.7 Å². The van der Waals surface area contributed by atoms with Gasteiger partial charge in [-0.1, -0.05) is 0 Å². The summed E-state index contributed by atoms with van der Waals surface area (Å²) in [7, 11) is 1.72. The number of rotatable bonds is 6. The second-order valence-electron chi connectivity index (χ2n) is 8.69. The largest absolute Gasteiger partial charge is 0.456 e. The Morgan fingerprint density at radius 3 is 2.71 bits per heavy atom. The van der Waals surface area contributed by atoms with Crippen LogP contribution in [0, 0.1) is 10.8 Å². The average molecular weight is 485 g/mol. The standard InChI is InChI=1S/C24H26F2N6O3/c1-28-13-16(12-27)19-11-17(5-9-29-19)35-18-3-4-20(30-14-18)31-22(34)32-10-8-23(21(32)33)6-2-7-24(25,26)15-23/h3-5,9,11-14,27-28H,2,6-8,10,15H2,1H3,(H,30,31,34)/b16-13+,27-12?.